The molecule has 1 heterocycles. The molecule has 0 amide bonds. The summed E-state index contributed by atoms with van der Waals surface area (Å²) in [6.45, 7) is 20.3. The first-order chi connectivity index (χ1) is 17.5. The van der Waals surface area contributed by atoms with Crippen LogP contribution in [-0.4, -0.2) is 33.0 Å². The van der Waals surface area contributed by atoms with E-state index in [1.165, 1.54) is 19.2 Å². The Morgan fingerprint density at radius 3 is 2.32 bits per heavy atom. The van der Waals surface area contributed by atoms with E-state index in [1.54, 1.807) is 19.9 Å². The molecule has 1 aromatic carbocycles. The maximum Gasteiger partial charge on any atom is 0.200 e. The van der Waals surface area contributed by atoms with Gasteiger partial charge in [0.1, 0.15) is 5.76 Å². The summed E-state index contributed by atoms with van der Waals surface area (Å²) >= 11 is 0. The monoisotopic (exact) mass is 524 g/mol. The van der Waals surface area contributed by atoms with E-state index in [1.807, 2.05) is 13.0 Å². The lowest BCUT2D eigenvalue weighted by Gasteiger charge is -2.23. The third-order valence-electron chi connectivity index (χ3n) is 5.52. The topological polar surface area (TPSA) is 36.9 Å². The second-order valence-electron chi connectivity index (χ2n) is 8.07. The summed E-state index contributed by atoms with van der Waals surface area (Å²) in [5.41, 5.74) is 1.97. The summed E-state index contributed by atoms with van der Waals surface area (Å²) in [5, 5.41) is 0. The molecule has 1 aromatic rings. The maximum absolute atomic E-state index is 14.0. The number of methoxy groups -OCH3 is 1. The SMILES string of the molecule is C=C(CC)COC(C)C(=C)/C(F)=C(/F)C(=C)OC.C=CC1=CCC(c2ccc(OCC)c(F)c2F)OC1. The summed E-state index contributed by atoms with van der Waals surface area (Å²) in [7, 11) is 1.21. The van der Waals surface area contributed by atoms with Crippen LogP contribution in [0.15, 0.2) is 84.7 Å². The molecule has 37 heavy (non-hydrogen) atoms. The summed E-state index contributed by atoms with van der Waals surface area (Å²) < 4.78 is 75.2. The molecule has 0 saturated carbocycles. The second kappa shape index (κ2) is 15.9. The minimum Gasteiger partial charge on any atom is -0.494 e. The molecule has 0 radical (unpaired) electrons. The molecule has 1 aliphatic heterocycles. The van der Waals surface area contributed by atoms with Crippen LogP contribution in [0, 0.1) is 11.6 Å². The average molecular weight is 525 g/mol. The molecule has 204 valence electrons. The average Bonchev–Trinajstić information content (AvgIpc) is 2.92. The molecule has 0 aromatic heterocycles. The Balaban J connectivity index is 0.000000371. The maximum atomic E-state index is 14.0. The molecular formula is C29H36F4O4. The number of benzene rings is 1. The lowest BCUT2D eigenvalue weighted by Crippen LogP contribution is -2.13. The second-order valence-corrected chi connectivity index (χ2v) is 8.07. The largest absolute Gasteiger partial charge is 0.494 e. The van der Waals surface area contributed by atoms with Crippen molar-refractivity contribution in [2.24, 2.45) is 0 Å². The van der Waals surface area contributed by atoms with Gasteiger partial charge in [-0.1, -0.05) is 51.0 Å². The van der Waals surface area contributed by atoms with Crippen LogP contribution in [-0.2, 0) is 14.2 Å². The van der Waals surface area contributed by atoms with Crippen LogP contribution in [0.4, 0.5) is 17.6 Å². The van der Waals surface area contributed by atoms with Gasteiger partial charge in [-0.2, -0.15) is 8.78 Å². The van der Waals surface area contributed by atoms with Crippen LogP contribution in [0.5, 0.6) is 5.75 Å². The van der Waals surface area contributed by atoms with E-state index >= 15 is 0 Å². The third kappa shape index (κ3) is 9.37. The molecule has 0 fully saturated rings. The molecule has 0 bridgehead atoms. The van der Waals surface area contributed by atoms with Gasteiger partial charge in [0, 0.05) is 11.1 Å². The Kier molecular flexibility index (Phi) is 13.7. The van der Waals surface area contributed by atoms with E-state index in [-0.39, 0.29) is 29.3 Å². The quantitative estimate of drug-likeness (QED) is 0.120. The molecule has 4 nitrogen and oxygen atoms in total. The fourth-order valence-electron chi connectivity index (χ4n) is 2.98. The van der Waals surface area contributed by atoms with Gasteiger partial charge in [-0.05, 0) is 44.4 Å². The van der Waals surface area contributed by atoms with Crippen molar-refractivity contribution < 1.29 is 36.5 Å². The zero-order chi connectivity index (χ0) is 28.1. The predicted molar refractivity (Wildman–Crippen MR) is 138 cm³/mol. The van der Waals surface area contributed by atoms with E-state index in [0.29, 0.717) is 19.6 Å². The Bertz CT molecular complexity index is 1040. The van der Waals surface area contributed by atoms with Crippen LogP contribution in [0.3, 0.4) is 0 Å². The van der Waals surface area contributed by atoms with E-state index in [4.69, 9.17) is 14.2 Å². The van der Waals surface area contributed by atoms with Gasteiger partial charge >= 0.3 is 0 Å². The van der Waals surface area contributed by atoms with Gasteiger partial charge in [-0.3, -0.25) is 0 Å². The van der Waals surface area contributed by atoms with Crippen molar-refractivity contribution in [1.82, 2.24) is 0 Å². The zero-order valence-electron chi connectivity index (χ0n) is 22.0. The lowest BCUT2D eigenvalue weighted by molar-refractivity contribution is 0.0602. The minimum atomic E-state index is -1.16. The van der Waals surface area contributed by atoms with Gasteiger partial charge < -0.3 is 18.9 Å². The number of hydrogen-bond donors (Lipinski definition) is 0. The van der Waals surface area contributed by atoms with Crippen molar-refractivity contribution in [3.05, 3.63) is 102 Å². The fraction of sp³-hybridized carbons (Fsp3) is 0.379. The summed E-state index contributed by atoms with van der Waals surface area (Å²) in [4.78, 5) is 0. The van der Waals surface area contributed by atoms with Crippen molar-refractivity contribution >= 4 is 0 Å². The van der Waals surface area contributed by atoms with Crippen molar-refractivity contribution in [3.8, 4) is 5.75 Å². The number of rotatable bonds is 12. The molecule has 1 aliphatic rings. The number of halogens is 4. The number of hydrogen-bond acceptors (Lipinski definition) is 4. The van der Waals surface area contributed by atoms with Gasteiger partial charge in [0.2, 0.25) is 5.82 Å². The Labute approximate surface area is 217 Å². The third-order valence-corrected chi connectivity index (χ3v) is 5.52. The highest BCUT2D eigenvalue weighted by molar-refractivity contribution is 5.35. The number of allylic oxidation sites excluding steroid dienone is 1. The van der Waals surface area contributed by atoms with Crippen molar-refractivity contribution in [1.29, 1.82) is 0 Å². The molecular weight excluding hydrogens is 488 g/mol. The highest BCUT2D eigenvalue weighted by Gasteiger charge is 2.23. The molecule has 0 N–H and O–H groups in total. The minimum absolute atomic E-state index is 0.0677. The Morgan fingerprint density at radius 1 is 1.14 bits per heavy atom. The van der Waals surface area contributed by atoms with Crippen molar-refractivity contribution in [3.63, 3.8) is 0 Å². The van der Waals surface area contributed by atoms with Gasteiger partial charge in [0.05, 0.1) is 39.1 Å². The normalized spacial score (nSPS) is 16.3. The first-order valence-electron chi connectivity index (χ1n) is 11.8. The Hall–Kier alpha value is -3.10. The van der Waals surface area contributed by atoms with Gasteiger partial charge in [0.15, 0.2) is 23.2 Å². The molecule has 2 atom stereocenters. The van der Waals surface area contributed by atoms with E-state index in [9.17, 15) is 17.6 Å². The van der Waals surface area contributed by atoms with Crippen LogP contribution >= 0.6 is 0 Å². The van der Waals surface area contributed by atoms with Crippen molar-refractivity contribution in [2.75, 3.05) is 26.9 Å². The molecule has 0 aliphatic carbocycles. The first-order valence-corrected chi connectivity index (χ1v) is 11.8. The smallest absolute Gasteiger partial charge is 0.200 e. The van der Waals surface area contributed by atoms with Crippen molar-refractivity contribution in [2.45, 2.75) is 45.8 Å². The van der Waals surface area contributed by atoms with Gasteiger partial charge in [0.25, 0.3) is 0 Å². The summed E-state index contributed by atoms with van der Waals surface area (Å²) in [6.07, 6.45) is 3.79. The van der Waals surface area contributed by atoms with Gasteiger partial charge in [-0.15, -0.1) is 0 Å². The first kappa shape index (κ1) is 31.9. The summed E-state index contributed by atoms with van der Waals surface area (Å²) in [6, 6.07) is 2.95. The van der Waals surface area contributed by atoms with Crippen LogP contribution < -0.4 is 4.74 Å². The Morgan fingerprint density at radius 2 is 1.81 bits per heavy atom. The van der Waals surface area contributed by atoms with Gasteiger partial charge in [-0.25, -0.2) is 8.78 Å². The van der Waals surface area contributed by atoms with Crippen LogP contribution in [0.1, 0.15) is 45.3 Å². The molecule has 2 unspecified atom stereocenters. The van der Waals surface area contributed by atoms with Crippen LogP contribution in [0.25, 0.3) is 0 Å². The zero-order valence-corrected chi connectivity index (χ0v) is 22.0. The van der Waals surface area contributed by atoms with E-state index < -0.39 is 35.5 Å². The highest BCUT2D eigenvalue weighted by Crippen LogP contribution is 2.33. The van der Waals surface area contributed by atoms with Crippen LogP contribution in [0.2, 0.25) is 0 Å². The molecule has 8 heteroatoms. The van der Waals surface area contributed by atoms with E-state index in [0.717, 1.165) is 17.6 Å². The standard InChI is InChI=1S/C15H16F2O2.C14H20F2O2/c1-3-10-5-7-12(19-9-10)11-6-8-13(18-4-2)15(17)14(11)16;1-7-9(2)8-18-11(4)10(3)13(15)14(16)12(5)17-6/h3,5-6,8,12H,1,4,7,9H2,2H3;11H,2-3,5,7-8H2,1,4,6H3/b;14-13-. The van der Waals surface area contributed by atoms with E-state index in [2.05, 4.69) is 31.1 Å². The lowest BCUT2D eigenvalue weighted by atomic mass is 10.0. The summed E-state index contributed by atoms with van der Waals surface area (Å²) in [5.74, 6) is -4.56. The molecule has 0 saturated heterocycles. The highest BCUT2D eigenvalue weighted by atomic mass is 19.2. The predicted octanol–water partition coefficient (Wildman–Crippen LogP) is 8.16. The molecule has 2 rings (SSSR count). The molecule has 0 spiro atoms. The fourth-order valence-corrected chi connectivity index (χ4v) is 2.98. The number of ether oxygens (including phenoxy) is 4.